The Morgan fingerprint density at radius 2 is 1.55 bits per heavy atom. The molecule has 1 unspecified atom stereocenters. The highest BCUT2D eigenvalue weighted by Crippen LogP contribution is 2.48. The molecule has 2 aliphatic rings. The summed E-state index contributed by atoms with van der Waals surface area (Å²) in [4.78, 5) is 49.5. The molecule has 0 radical (unpaired) electrons. The van der Waals surface area contributed by atoms with Gasteiger partial charge in [-0.25, -0.2) is 0 Å². The number of nitrogens with zero attached hydrogens (tertiary/aromatic N) is 3. The molecule has 16 heteroatoms. The lowest BCUT2D eigenvalue weighted by atomic mass is 9.95. The number of aromatic nitrogens is 3. The molecular formula is C33H38ClF3N8O4. The van der Waals surface area contributed by atoms with Gasteiger partial charge >= 0.3 is 24.0 Å². The van der Waals surface area contributed by atoms with Gasteiger partial charge in [-0.05, 0) is 73.6 Å². The number of carbonyl (C=O) groups is 3. The monoisotopic (exact) mass is 702 g/mol. The van der Waals surface area contributed by atoms with Crippen LogP contribution in [0.4, 0.5) is 30.8 Å². The predicted octanol–water partition coefficient (Wildman–Crippen LogP) is 5.24. The second-order valence-electron chi connectivity index (χ2n) is 12.4. The molecular weight excluding hydrogens is 665 g/mol. The normalized spacial score (nSPS) is 16.2. The van der Waals surface area contributed by atoms with E-state index in [0.717, 1.165) is 50.5 Å². The molecule has 49 heavy (non-hydrogen) atoms. The zero-order valence-electron chi connectivity index (χ0n) is 26.8. The second-order valence-corrected chi connectivity index (χ2v) is 12.9. The fraction of sp³-hybridized carbons (Fsp3) is 0.455. The summed E-state index contributed by atoms with van der Waals surface area (Å²) in [7, 11) is 0. The van der Waals surface area contributed by atoms with Gasteiger partial charge < -0.3 is 31.3 Å². The van der Waals surface area contributed by atoms with Crippen LogP contribution in [-0.4, -0.2) is 64.6 Å². The first kappa shape index (κ1) is 35.6. The Labute approximate surface area is 286 Å². The number of benzene rings is 2. The molecule has 262 valence electrons. The van der Waals surface area contributed by atoms with Crippen LogP contribution in [0.5, 0.6) is 6.01 Å². The fourth-order valence-electron chi connectivity index (χ4n) is 5.39. The van der Waals surface area contributed by atoms with Crippen LogP contribution in [-0.2, 0) is 15.1 Å². The molecule has 2 aliphatic carbocycles. The molecule has 0 spiro atoms. The number of alkyl halides is 3. The van der Waals surface area contributed by atoms with Gasteiger partial charge in [0.2, 0.25) is 11.9 Å². The Balaban J connectivity index is 1.15. The largest absolute Gasteiger partial charge is 0.454 e. The molecule has 1 aromatic heterocycles. The van der Waals surface area contributed by atoms with Crippen LogP contribution in [0.15, 0.2) is 48.5 Å². The first-order valence-corrected chi connectivity index (χ1v) is 16.5. The molecule has 2 saturated carbocycles. The molecule has 5 N–H and O–H groups in total. The maximum Gasteiger partial charge on any atom is 0.422 e. The maximum absolute atomic E-state index is 12.9. The number of hydrogen-bond donors (Lipinski definition) is 5. The first-order chi connectivity index (χ1) is 23.4. The lowest BCUT2D eigenvalue weighted by Gasteiger charge is -2.22. The van der Waals surface area contributed by atoms with Gasteiger partial charge in [-0.1, -0.05) is 49.9 Å². The number of hydrogen-bond acceptors (Lipinski definition) is 9. The smallest absolute Gasteiger partial charge is 0.422 e. The summed E-state index contributed by atoms with van der Waals surface area (Å²) in [6.07, 6.45) is 1.87. The van der Waals surface area contributed by atoms with Gasteiger partial charge in [0, 0.05) is 35.4 Å². The molecule has 5 rings (SSSR count). The van der Waals surface area contributed by atoms with Gasteiger partial charge in [0.1, 0.15) is 0 Å². The average molecular weight is 703 g/mol. The Hall–Kier alpha value is -4.66. The fourth-order valence-corrected chi connectivity index (χ4v) is 5.52. The van der Waals surface area contributed by atoms with Crippen molar-refractivity contribution < 1.29 is 32.3 Å². The van der Waals surface area contributed by atoms with Crippen molar-refractivity contribution in [1.82, 2.24) is 30.9 Å². The highest BCUT2D eigenvalue weighted by molar-refractivity contribution is 6.35. The van der Waals surface area contributed by atoms with E-state index in [1.807, 2.05) is 19.1 Å². The summed E-state index contributed by atoms with van der Waals surface area (Å²) in [5, 5.41) is 14.9. The molecule has 3 amide bonds. The number of nitrogens with one attached hydrogen (secondary N) is 5. The summed E-state index contributed by atoms with van der Waals surface area (Å²) in [6, 6.07) is 13.0. The van der Waals surface area contributed by atoms with Crippen molar-refractivity contribution in [3.8, 4) is 6.01 Å². The summed E-state index contributed by atoms with van der Waals surface area (Å²) in [6.45, 7) is 0.709. The van der Waals surface area contributed by atoms with Crippen molar-refractivity contribution in [3.63, 3.8) is 0 Å². The van der Waals surface area contributed by atoms with Gasteiger partial charge in [0.05, 0.1) is 5.54 Å². The van der Waals surface area contributed by atoms with E-state index < -0.39 is 36.1 Å². The summed E-state index contributed by atoms with van der Waals surface area (Å²) >= 11 is 6.02. The minimum atomic E-state index is -4.60. The van der Waals surface area contributed by atoms with Crippen molar-refractivity contribution in [2.45, 2.75) is 69.6 Å². The van der Waals surface area contributed by atoms with E-state index >= 15 is 0 Å². The zero-order chi connectivity index (χ0) is 35.0. The Morgan fingerprint density at radius 3 is 2.20 bits per heavy atom. The van der Waals surface area contributed by atoms with E-state index in [0.29, 0.717) is 16.3 Å². The van der Waals surface area contributed by atoms with Gasteiger partial charge in [0.15, 0.2) is 6.61 Å². The molecule has 0 aliphatic heterocycles. The maximum atomic E-state index is 12.9. The van der Waals surface area contributed by atoms with Crippen molar-refractivity contribution in [2.24, 2.45) is 5.92 Å². The molecule has 3 aromatic rings. The van der Waals surface area contributed by atoms with E-state index in [4.69, 9.17) is 16.3 Å². The Bertz CT molecular complexity index is 1620. The minimum absolute atomic E-state index is 0.0216. The third-order valence-electron chi connectivity index (χ3n) is 8.25. The Kier molecular flexibility index (Phi) is 11.4. The summed E-state index contributed by atoms with van der Waals surface area (Å²) in [5.41, 5.74) is 1.22. The number of ether oxygens (including phenoxy) is 1. The third kappa shape index (κ3) is 10.7. The van der Waals surface area contributed by atoms with Crippen LogP contribution in [0.3, 0.4) is 0 Å². The highest BCUT2D eigenvalue weighted by atomic mass is 35.5. The van der Waals surface area contributed by atoms with Crippen molar-refractivity contribution >= 4 is 46.9 Å². The lowest BCUT2D eigenvalue weighted by Crippen LogP contribution is -2.46. The molecule has 2 fully saturated rings. The molecule has 1 heterocycles. The van der Waals surface area contributed by atoms with Gasteiger partial charge in [-0.2, -0.15) is 28.1 Å². The van der Waals surface area contributed by atoms with Crippen LogP contribution in [0.25, 0.3) is 0 Å². The second kappa shape index (κ2) is 15.7. The SMILES string of the molecule is CC(CNC(=O)C(=O)NC1CCCCC1)CNC(=O)c1ccc(Nc2nc(NC3(c4ccc(Cl)cc4)CC3)nc(OCC(F)(F)F)n2)cc1. The van der Waals surface area contributed by atoms with Gasteiger partial charge in [-0.15, -0.1) is 0 Å². The minimum Gasteiger partial charge on any atom is -0.454 e. The number of rotatable bonds is 13. The van der Waals surface area contributed by atoms with Crippen molar-refractivity contribution in [1.29, 1.82) is 0 Å². The molecule has 2 aromatic carbocycles. The average Bonchev–Trinajstić information content (AvgIpc) is 3.86. The zero-order valence-corrected chi connectivity index (χ0v) is 27.6. The number of halogens is 4. The molecule has 0 bridgehead atoms. The summed E-state index contributed by atoms with van der Waals surface area (Å²) in [5.74, 6) is -1.88. The van der Waals surface area contributed by atoms with Gasteiger partial charge in [0.25, 0.3) is 5.91 Å². The van der Waals surface area contributed by atoms with Crippen LogP contribution in [0.1, 0.15) is 67.8 Å². The quantitative estimate of drug-likeness (QED) is 0.150. The van der Waals surface area contributed by atoms with E-state index in [1.165, 1.54) is 0 Å². The van der Waals surface area contributed by atoms with Crippen LogP contribution in [0.2, 0.25) is 5.02 Å². The Morgan fingerprint density at radius 1 is 0.898 bits per heavy atom. The highest BCUT2D eigenvalue weighted by Gasteiger charge is 2.45. The van der Waals surface area contributed by atoms with E-state index in [1.54, 1.807) is 36.4 Å². The number of amides is 3. The van der Waals surface area contributed by atoms with E-state index in [9.17, 15) is 27.6 Å². The number of anilines is 3. The van der Waals surface area contributed by atoms with Crippen LogP contribution < -0.4 is 31.3 Å². The summed E-state index contributed by atoms with van der Waals surface area (Å²) < 4.78 is 43.5. The lowest BCUT2D eigenvalue weighted by molar-refractivity contribution is -0.154. The number of carbonyl (C=O) groups excluding carboxylic acids is 3. The molecule has 1 atom stereocenters. The standard InChI is InChI=1S/C33H38ClF3N8O4/c1-20(18-39-27(47)28(48)40-24-5-3-2-4-6-24)17-38-26(46)21-7-13-25(14-8-21)41-29-42-30(44-31(43-29)49-19-33(35,36)37)45-32(15-16-32)22-9-11-23(34)12-10-22/h7-14,20,24H,2-6,15-19H2,1H3,(H,38,46)(H,39,47)(H,40,48)(H2,41,42,43,44,45). The topological polar surface area (TPSA) is 159 Å². The van der Waals surface area contributed by atoms with Crippen LogP contribution >= 0.6 is 11.6 Å². The third-order valence-corrected chi connectivity index (χ3v) is 8.50. The van der Waals surface area contributed by atoms with Crippen molar-refractivity contribution in [2.75, 3.05) is 30.3 Å². The first-order valence-electron chi connectivity index (χ1n) is 16.1. The van der Waals surface area contributed by atoms with Crippen molar-refractivity contribution in [3.05, 3.63) is 64.7 Å². The molecule has 12 nitrogen and oxygen atoms in total. The predicted molar refractivity (Wildman–Crippen MR) is 177 cm³/mol. The van der Waals surface area contributed by atoms with Crippen LogP contribution in [0, 0.1) is 5.92 Å². The molecule has 0 saturated heterocycles. The van der Waals surface area contributed by atoms with E-state index in [-0.39, 0.29) is 42.9 Å². The van der Waals surface area contributed by atoms with E-state index in [2.05, 4.69) is 41.5 Å². The van der Waals surface area contributed by atoms with Gasteiger partial charge in [-0.3, -0.25) is 14.4 Å².